The summed E-state index contributed by atoms with van der Waals surface area (Å²) in [5.41, 5.74) is 3.57. The summed E-state index contributed by atoms with van der Waals surface area (Å²) in [6, 6.07) is 10.5. The highest BCUT2D eigenvalue weighted by molar-refractivity contribution is 5.97. The minimum absolute atomic E-state index is 0.129. The summed E-state index contributed by atoms with van der Waals surface area (Å²) in [5.74, 6) is 1.94. The Morgan fingerprint density at radius 2 is 1.89 bits per heavy atom. The fourth-order valence-electron chi connectivity index (χ4n) is 2.74. The van der Waals surface area contributed by atoms with Crippen molar-refractivity contribution in [2.24, 2.45) is 5.10 Å². The lowest BCUT2D eigenvalue weighted by Gasteiger charge is -2.06. The zero-order valence-corrected chi connectivity index (χ0v) is 14.6. The van der Waals surface area contributed by atoms with E-state index in [0.29, 0.717) is 34.1 Å². The van der Waals surface area contributed by atoms with Gasteiger partial charge in [0, 0.05) is 17.0 Å². The van der Waals surface area contributed by atoms with E-state index < -0.39 is 5.91 Å². The van der Waals surface area contributed by atoms with Crippen molar-refractivity contribution in [3.63, 3.8) is 0 Å². The maximum atomic E-state index is 12.3. The Kier molecular flexibility index (Phi) is 4.29. The van der Waals surface area contributed by atoms with E-state index in [2.05, 4.69) is 10.5 Å². The number of rotatable bonds is 5. The molecule has 4 rings (SSSR count). The Morgan fingerprint density at radius 3 is 2.67 bits per heavy atom. The molecule has 0 saturated heterocycles. The maximum Gasteiger partial charge on any atom is 0.307 e. The molecule has 2 aromatic carbocycles. The number of carbonyl (C=O) groups excluding carboxylic acids is 1. The van der Waals surface area contributed by atoms with Crippen LogP contribution < -0.4 is 24.4 Å². The summed E-state index contributed by atoms with van der Waals surface area (Å²) < 4.78 is 26.8. The number of benzene rings is 2. The second-order valence-corrected chi connectivity index (χ2v) is 5.64. The lowest BCUT2D eigenvalue weighted by Crippen LogP contribution is -2.16. The van der Waals surface area contributed by atoms with Gasteiger partial charge in [-0.25, -0.2) is 5.43 Å². The molecule has 1 aliphatic rings. The van der Waals surface area contributed by atoms with Crippen LogP contribution >= 0.6 is 0 Å². The zero-order valence-electron chi connectivity index (χ0n) is 14.6. The van der Waals surface area contributed by atoms with E-state index in [1.807, 2.05) is 12.1 Å². The fourth-order valence-corrected chi connectivity index (χ4v) is 2.74. The average molecular weight is 368 g/mol. The lowest BCUT2D eigenvalue weighted by atomic mass is 10.2. The van der Waals surface area contributed by atoms with Crippen LogP contribution in [0.4, 0.5) is 0 Å². The van der Waals surface area contributed by atoms with Crippen LogP contribution in [0, 0.1) is 0 Å². The van der Waals surface area contributed by atoms with Gasteiger partial charge in [0.1, 0.15) is 5.75 Å². The lowest BCUT2D eigenvalue weighted by molar-refractivity contribution is 0.0929. The largest absolute Gasteiger partial charge is 0.496 e. The maximum absolute atomic E-state index is 12.3. The molecule has 0 spiro atoms. The smallest absolute Gasteiger partial charge is 0.307 e. The van der Waals surface area contributed by atoms with Crippen LogP contribution in [0.3, 0.4) is 0 Å². The SMILES string of the molecule is COc1cc2c(cc1/C=N/NC(=O)c1cc3cccc(OC)c3o1)OCO2. The first kappa shape index (κ1) is 16.8. The quantitative estimate of drug-likeness (QED) is 0.550. The second kappa shape index (κ2) is 6.91. The van der Waals surface area contributed by atoms with Crippen molar-refractivity contribution in [2.45, 2.75) is 0 Å². The summed E-state index contributed by atoms with van der Waals surface area (Å²) in [4.78, 5) is 12.3. The number of furan rings is 1. The summed E-state index contributed by atoms with van der Waals surface area (Å²) in [7, 11) is 3.08. The molecule has 0 saturated carbocycles. The van der Waals surface area contributed by atoms with Crippen LogP contribution in [0.25, 0.3) is 11.0 Å². The third-order valence-corrected chi connectivity index (χ3v) is 4.05. The molecular weight excluding hydrogens is 352 g/mol. The monoisotopic (exact) mass is 368 g/mol. The van der Waals surface area contributed by atoms with Crippen LogP contribution in [0.1, 0.15) is 16.1 Å². The Balaban J connectivity index is 1.53. The number of nitrogens with zero attached hydrogens (tertiary/aromatic N) is 1. The Morgan fingerprint density at radius 1 is 1.11 bits per heavy atom. The van der Waals surface area contributed by atoms with Crippen molar-refractivity contribution >= 4 is 23.1 Å². The number of methoxy groups -OCH3 is 2. The third-order valence-electron chi connectivity index (χ3n) is 4.05. The van der Waals surface area contributed by atoms with Gasteiger partial charge in [-0.2, -0.15) is 5.10 Å². The van der Waals surface area contributed by atoms with Gasteiger partial charge < -0.3 is 23.4 Å². The minimum atomic E-state index is -0.482. The molecule has 0 unspecified atom stereocenters. The number of fused-ring (bicyclic) bond motifs is 2. The molecule has 1 aliphatic heterocycles. The molecule has 3 aromatic rings. The summed E-state index contributed by atoms with van der Waals surface area (Å²) in [6.45, 7) is 0.158. The van der Waals surface area contributed by atoms with E-state index in [-0.39, 0.29) is 12.6 Å². The molecule has 1 aromatic heterocycles. The van der Waals surface area contributed by atoms with E-state index in [1.54, 1.807) is 31.4 Å². The van der Waals surface area contributed by atoms with Gasteiger partial charge in [-0.3, -0.25) is 4.79 Å². The minimum Gasteiger partial charge on any atom is -0.496 e. The highest BCUT2D eigenvalue weighted by Gasteiger charge is 2.17. The number of ether oxygens (including phenoxy) is 4. The molecule has 8 heteroatoms. The first-order valence-electron chi connectivity index (χ1n) is 8.07. The van der Waals surface area contributed by atoms with Crippen molar-refractivity contribution in [1.82, 2.24) is 5.43 Å². The van der Waals surface area contributed by atoms with Crippen LogP contribution in [0.2, 0.25) is 0 Å². The summed E-state index contributed by atoms with van der Waals surface area (Å²) in [5, 5.41) is 4.74. The van der Waals surface area contributed by atoms with Gasteiger partial charge in [-0.05, 0) is 18.2 Å². The van der Waals surface area contributed by atoms with Crippen molar-refractivity contribution < 1.29 is 28.2 Å². The summed E-state index contributed by atoms with van der Waals surface area (Å²) >= 11 is 0. The molecule has 0 aliphatic carbocycles. The molecule has 138 valence electrons. The van der Waals surface area contributed by atoms with Crippen LogP contribution in [0.5, 0.6) is 23.0 Å². The van der Waals surface area contributed by atoms with Gasteiger partial charge >= 0.3 is 5.91 Å². The van der Waals surface area contributed by atoms with Crippen LogP contribution in [-0.2, 0) is 0 Å². The zero-order chi connectivity index (χ0) is 18.8. The average Bonchev–Trinajstić information content (AvgIpc) is 3.33. The molecule has 0 bridgehead atoms. The summed E-state index contributed by atoms with van der Waals surface area (Å²) in [6.07, 6.45) is 1.46. The van der Waals surface area contributed by atoms with Gasteiger partial charge in [0.15, 0.2) is 28.6 Å². The molecule has 0 fully saturated rings. The van der Waals surface area contributed by atoms with E-state index in [0.717, 1.165) is 5.39 Å². The normalized spacial score (nSPS) is 12.5. The van der Waals surface area contributed by atoms with Crippen molar-refractivity contribution in [1.29, 1.82) is 0 Å². The fraction of sp³-hybridized carbons (Fsp3) is 0.158. The molecule has 8 nitrogen and oxygen atoms in total. The van der Waals surface area contributed by atoms with Crippen LogP contribution in [-0.4, -0.2) is 33.1 Å². The van der Waals surface area contributed by atoms with Gasteiger partial charge in [0.25, 0.3) is 0 Å². The van der Waals surface area contributed by atoms with Gasteiger partial charge in [0.2, 0.25) is 6.79 Å². The highest BCUT2D eigenvalue weighted by Crippen LogP contribution is 2.37. The molecule has 1 amide bonds. The number of carbonyl (C=O) groups is 1. The number of nitrogens with one attached hydrogen (secondary N) is 1. The third kappa shape index (κ3) is 3.12. The number of para-hydroxylation sites is 1. The van der Waals surface area contributed by atoms with Crippen LogP contribution in [0.15, 0.2) is 45.9 Å². The molecule has 2 heterocycles. The Hall–Kier alpha value is -3.68. The highest BCUT2D eigenvalue weighted by atomic mass is 16.7. The Labute approximate surface area is 154 Å². The number of hydrazone groups is 1. The molecular formula is C19H16N2O6. The topological polar surface area (TPSA) is 91.5 Å². The molecule has 1 N–H and O–H groups in total. The second-order valence-electron chi connectivity index (χ2n) is 5.64. The predicted octanol–water partition coefficient (Wildman–Crippen LogP) is 2.94. The molecule has 27 heavy (non-hydrogen) atoms. The Bertz CT molecular complexity index is 1040. The van der Waals surface area contributed by atoms with E-state index >= 15 is 0 Å². The first-order chi connectivity index (χ1) is 13.2. The van der Waals surface area contributed by atoms with Crippen molar-refractivity contribution in [3.8, 4) is 23.0 Å². The van der Waals surface area contributed by atoms with Gasteiger partial charge in [0.05, 0.1) is 20.4 Å². The van der Waals surface area contributed by atoms with Gasteiger partial charge in [-0.15, -0.1) is 0 Å². The first-order valence-corrected chi connectivity index (χ1v) is 8.07. The predicted molar refractivity (Wildman–Crippen MR) is 96.9 cm³/mol. The van der Waals surface area contributed by atoms with Gasteiger partial charge in [-0.1, -0.05) is 12.1 Å². The number of amides is 1. The van der Waals surface area contributed by atoms with E-state index in [9.17, 15) is 4.79 Å². The van der Waals surface area contributed by atoms with Crippen molar-refractivity contribution in [3.05, 3.63) is 47.7 Å². The van der Waals surface area contributed by atoms with E-state index in [1.165, 1.54) is 13.3 Å². The van der Waals surface area contributed by atoms with E-state index in [4.69, 9.17) is 23.4 Å². The van der Waals surface area contributed by atoms with Crippen molar-refractivity contribution in [2.75, 3.05) is 21.0 Å². The molecule has 0 atom stereocenters. The number of hydrogen-bond donors (Lipinski definition) is 1. The standard InChI is InChI=1S/C19H16N2O6/c1-23-13-5-3-4-11-6-17(27-18(11)13)19(22)21-20-9-12-7-15-16(26-10-25-15)8-14(12)24-2/h3-9H,10H2,1-2H3,(H,21,22)/b20-9+. The number of hydrogen-bond acceptors (Lipinski definition) is 7. The molecule has 0 radical (unpaired) electrons.